The van der Waals surface area contributed by atoms with Gasteiger partial charge in [-0.15, -0.1) is 11.8 Å². The van der Waals surface area contributed by atoms with Gasteiger partial charge < -0.3 is 10.5 Å². The van der Waals surface area contributed by atoms with Crippen LogP contribution in [0.1, 0.15) is 11.5 Å². The third-order valence-electron chi connectivity index (χ3n) is 3.21. The Morgan fingerprint density at radius 3 is 2.95 bits per heavy atom. The maximum absolute atomic E-state index is 13.0. The maximum Gasteiger partial charge on any atom is 0.125 e. The van der Waals surface area contributed by atoms with E-state index in [1.807, 2.05) is 18.2 Å². The van der Waals surface area contributed by atoms with Gasteiger partial charge in [-0.2, -0.15) is 0 Å². The molecule has 98 valence electrons. The lowest BCUT2D eigenvalue weighted by Crippen LogP contribution is -2.03. The highest BCUT2D eigenvalue weighted by Gasteiger charge is 2.23. The van der Waals surface area contributed by atoms with E-state index in [4.69, 9.17) is 10.5 Å². The molecule has 0 bridgehead atoms. The van der Waals surface area contributed by atoms with Crippen LogP contribution in [-0.4, -0.2) is 12.4 Å². The Balaban J connectivity index is 1.71. The zero-order chi connectivity index (χ0) is 13.2. The third kappa shape index (κ3) is 2.54. The fourth-order valence-electron chi connectivity index (χ4n) is 2.21. The molecule has 1 atom stereocenters. The standard InChI is InChI=1S/C15H14FNOS/c16-11-5-6-15(13(17)7-11)19-9-10-8-18-14-4-2-1-3-12(10)14/h1-7,10H,8-9,17H2. The molecule has 1 aliphatic rings. The summed E-state index contributed by atoms with van der Waals surface area (Å²) in [6.45, 7) is 0.702. The molecule has 1 aliphatic heterocycles. The fraction of sp³-hybridized carbons (Fsp3) is 0.200. The average molecular weight is 275 g/mol. The van der Waals surface area contributed by atoms with Crippen LogP contribution in [-0.2, 0) is 0 Å². The molecule has 2 aromatic rings. The van der Waals surface area contributed by atoms with Crippen molar-refractivity contribution in [2.24, 2.45) is 0 Å². The van der Waals surface area contributed by atoms with Crippen LogP contribution in [0.25, 0.3) is 0 Å². The molecule has 0 amide bonds. The third-order valence-corrected chi connectivity index (χ3v) is 4.46. The summed E-state index contributed by atoms with van der Waals surface area (Å²) < 4.78 is 18.6. The van der Waals surface area contributed by atoms with E-state index < -0.39 is 0 Å². The van der Waals surface area contributed by atoms with Crippen LogP contribution in [0.5, 0.6) is 5.75 Å². The number of benzene rings is 2. The first kappa shape index (κ1) is 12.4. The van der Waals surface area contributed by atoms with Crippen molar-refractivity contribution in [2.45, 2.75) is 10.8 Å². The fourth-order valence-corrected chi connectivity index (χ4v) is 3.25. The first-order valence-corrected chi connectivity index (χ1v) is 7.12. The van der Waals surface area contributed by atoms with E-state index in [9.17, 15) is 4.39 Å². The lowest BCUT2D eigenvalue weighted by molar-refractivity contribution is 0.339. The molecule has 0 aliphatic carbocycles. The quantitative estimate of drug-likeness (QED) is 0.685. The minimum absolute atomic E-state index is 0.295. The summed E-state index contributed by atoms with van der Waals surface area (Å²) in [6.07, 6.45) is 0. The van der Waals surface area contributed by atoms with Gasteiger partial charge in [-0.1, -0.05) is 18.2 Å². The summed E-state index contributed by atoms with van der Waals surface area (Å²) in [6, 6.07) is 12.6. The Morgan fingerprint density at radius 1 is 1.26 bits per heavy atom. The summed E-state index contributed by atoms with van der Waals surface area (Å²) in [4.78, 5) is 0.922. The summed E-state index contributed by atoms with van der Waals surface area (Å²) in [5, 5.41) is 0. The highest BCUT2D eigenvalue weighted by atomic mass is 32.2. The van der Waals surface area contributed by atoms with Crippen LogP contribution in [0.3, 0.4) is 0 Å². The molecule has 2 aromatic carbocycles. The number of halogens is 1. The van der Waals surface area contributed by atoms with Gasteiger partial charge in [0, 0.05) is 27.8 Å². The van der Waals surface area contributed by atoms with E-state index in [2.05, 4.69) is 6.07 Å². The van der Waals surface area contributed by atoms with Crippen molar-refractivity contribution in [3.8, 4) is 5.75 Å². The first-order valence-electron chi connectivity index (χ1n) is 6.13. The molecule has 0 aromatic heterocycles. The van der Waals surface area contributed by atoms with Crippen molar-refractivity contribution in [2.75, 3.05) is 18.1 Å². The van der Waals surface area contributed by atoms with Gasteiger partial charge in [0.2, 0.25) is 0 Å². The van der Waals surface area contributed by atoms with E-state index in [0.29, 0.717) is 18.2 Å². The number of fused-ring (bicyclic) bond motifs is 1. The normalized spacial score (nSPS) is 17.0. The van der Waals surface area contributed by atoms with E-state index in [-0.39, 0.29) is 5.82 Å². The van der Waals surface area contributed by atoms with Gasteiger partial charge in [0.1, 0.15) is 11.6 Å². The second kappa shape index (κ2) is 5.13. The summed E-state index contributed by atoms with van der Waals surface area (Å²) in [5.74, 6) is 1.93. The van der Waals surface area contributed by atoms with Crippen LogP contribution in [0.2, 0.25) is 0 Å². The smallest absolute Gasteiger partial charge is 0.125 e. The van der Waals surface area contributed by atoms with Gasteiger partial charge in [-0.3, -0.25) is 0 Å². The van der Waals surface area contributed by atoms with Gasteiger partial charge in [0.25, 0.3) is 0 Å². The number of nitrogens with two attached hydrogens (primary N) is 1. The predicted octanol–water partition coefficient (Wildman–Crippen LogP) is 3.68. The lowest BCUT2D eigenvalue weighted by Gasteiger charge is -2.10. The number of nitrogen functional groups attached to an aromatic ring is 1. The first-order chi connectivity index (χ1) is 9.24. The molecule has 1 heterocycles. The molecule has 0 saturated carbocycles. The van der Waals surface area contributed by atoms with Crippen molar-refractivity contribution in [1.29, 1.82) is 0 Å². The summed E-state index contributed by atoms with van der Waals surface area (Å²) >= 11 is 1.64. The highest BCUT2D eigenvalue weighted by Crippen LogP contribution is 2.37. The zero-order valence-corrected chi connectivity index (χ0v) is 11.1. The van der Waals surface area contributed by atoms with Crippen molar-refractivity contribution in [3.05, 3.63) is 53.8 Å². The van der Waals surface area contributed by atoms with Crippen LogP contribution in [0, 0.1) is 5.82 Å². The monoisotopic (exact) mass is 275 g/mol. The van der Waals surface area contributed by atoms with E-state index >= 15 is 0 Å². The van der Waals surface area contributed by atoms with Gasteiger partial charge in [0.05, 0.1) is 6.61 Å². The van der Waals surface area contributed by atoms with Crippen molar-refractivity contribution < 1.29 is 9.13 Å². The largest absolute Gasteiger partial charge is 0.493 e. The summed E-state index contributed by atoms with van der Waals surface area (Å²) in [5.41, 5.74) is 7.55. The molecule has 0 fully saturated rings. The molecular formula is C15H14FNOS. The lowest BCUT2D eigenvalue weighted by atomic mass is 10.0. The Hall–Kier alpha value is -1.68. The predicted molar refractivity (Wildman–Crippen MR) is 76.2 cm³/mol. The van der Waals surface area contributed by atoms with Crippen LogP contribution < -0.4 is 10.5 Å². The molecule has 2 N–H and O–H groups in total. The topological polar surface area (TPSA) is 35.2 Å². The Labute approximate surface area is 115 Å². The van der Waals surface area contributed by atoms with E-state index in [1.165, 1.54) is 17.7 Å². The molecule has 0 radical (unpaired) electrons. The number of thioether (sulfide) groups is 1. The van der Waals surface area contributed by atoms with Crippen LogP contribution >= 0.6 is 11.8 Å². The van der Waals surface area contributed by atoms with Crippen molar-refractivity contribution >= 4 is 17.4 Å². The molecule has 19 heavy (non-hydrogen) atoms. The minimum Gasteiger partial charge on any atom is -0.493 e. The summed E-state index contributed by atoms with van der Waals surface area (Å²) in [7, 11) is 0. The number of anilines is 1. The Bertz CT molecular complexity index is 602. The maximum atomic E-state index is 13.0. The van der Waals surface area contributed by atoms with Gasteiger partial charge in [0.15, 0.2) is 0 Å². The second-order valence-electron chi connectivity index (χ2n) is 4.54. The molecule has 3 rings (SSSR count). The van der Waals surface area contributed by atoms with Gasteiger partial charge in [-0.25, -0.2) is 4.39 Å². The molecule has 1 unspecified atom stereocenters. The molecule has 0 spiro atoms. The molecule has 2 nitrogen and oxygen atoms in total. The molecular weight excluding hydrogens is 261 g/mol. The van der Waals surface area contributed by atoms with Crippen LogP contribution in [0.4, 0.5) is 10.1 Å². The van der Waals surface area contributed by atoms with Gasteiger partial charge in [-0.05, 0) is 24.3 Å². The Morgan fingerprint density at radius 2 is 2.11 bits per heavy atom. The number of ether oxygens (including phenoxy) is 1. The van der Waals surface area contributed by atoms with Crippen molar-refractivity contribution in [1.82, 2.24) is 0 Å². The SMILES string of the molecule is Nc1cc(F)ccc1SCC1COc2ccccc21. The van der Waals surface area contributed by atoms with Crippen LogP contribution in [0.15, 0.2) is 47.4 Å². The second-order valence-corrected chi connectivity index (χ2v) is 5.60. The number of para-hydroxylation sites is 1. The van der Waals surface area contributed by atoms with E-state index in [1.54, 1.807) is 17.8 Å². The molecule has 0 saturated heterocycles. The van der Waals surface area contributed by atoms with Gasteiger partial charge >= 0.3 is 0 Å². The Kier molecular flexibility index (Phi) is 3.34. The number of hydrogen-bond acceptors (Lipinski definition) is 3. The minimum atomic E-state index is -0.295. The number of rotatable bonds is 3. The average Bonchev–Trinajstić information content (AvgIpc) is 2.81. The number of hydrogen-bond donors (Lipinski definition) is 1. The van der Waals surface area contributed by atoms with Crippen molar-refractivity contribution in [3.63, 3.8) is 0 Å². The van der Waals surface area contributed by atoms with E-state index in [0.717, 1.165) is 16.4 Å². The molecule has 4 heteroatoms. The highest BCUT2D eigenvalue weighted by molar-refractivity contribution is 7.99. The zero-order valence-electron chi connectivity index (χ0n) is 10.3.